The highest BCUT2D eigenvalue weighted by molar-refractivity contribution is 9.10. The van der Waals surface area contributed by atoms with Crippen molar-refractivity contribution in [1.82, 2.24) is 5.32 Å². The smallest absolute Gasteiger partial charge is 0.221 e. The number of amides is 1. The maximum absolute atomic E-state index is 11.3. The summed E-state index contributed by atoms with van der Waals surface area (Å²) in [5.41, 5.74) is 6.22. The molecule has 0 fully saturated rings. The molecule has 0 aromatic heterocycles. The van der Waals surface area contributed by atoms with Crippen LogP contribution in [0.25, 0.3) is 0 Å². The number of ether oxygens (including phenoxy) is 1. The molecule has 0 aliphatic carbocycles. The Labute approximate surface area is 103 Å². The summed E-state index contributed by atoms with van der Waals surface area (Å²) in [6.45, 7) is 0.808. The van der Waals surface area contributed by atoms with E-state index in [1.165, 1.54) is 0 Å². The molecule has 0 bridgehead atoms. The molecular formula is C11H15BrN2O2. The van der Waals surface area contributed by atoms with E-state index >= 15 is 0 Å². The molecule has 5 heteroatoms. The number of rotatable bonds is 5. The van der Waals surface area contributed by atoms with Crippen LogP contribution in [0.1, 0.15) is 12.0 Å². The molecule has 0 saturated heterocycles. The lowest BCUT2D eigenvalue weighted by molar-refractivity contribution is -0.121. The van der Waals surface area contributed by atoms with E-state index in [0.717, 1.165) is 15.8 Å². The van der Waals surface area contributed by atoms with Crippen molar-refractivity contribution in [3.05, 3.63) is 28.2 Å². The number of halogens is 1. The molecule has 0 unspecified atom stereocenters. The topological polar surface area (TPSA) is 64.3 Å². The third-order valence-corrected chi connectivity index (χ3v) is 2.58. The first kappa shape index (κ1) is 13.0. The van der Waals surface area contributed by atoms with E-state index in [1.807, 2.05) is 18.2 Å². The average Bonchev–Trinajstić information content (AvgIpc) is 2.27. The standard InChI is InChI=1S/C11H15BrN2O2/c1-16-10-3-2-9(12)6-8(10)7-14-11(15)4-5-13/h2-3,6H,4-5,7,13H2,1H3,(H,14,15). The second-order valence-electron chi connectivity index (χ2n) is 3.27. The first-order valence-electron chi connectivity index (χ1n) is 4.96. The number of benzene rings is 1. The van der Waals surface area contributed by atoms with Crippen molar-refractivity contribution >= 4 is 21.8 Å². The van der Waals surface area contributed by atoms with Gasteiger partial charge in [0.05, 0.1) is 7.11 Å². The van der Waals surface area contributed by atoms with Crippen molar-refractivity contribution in [3.63, 3.8) is 0 Å². The SMILES string of the molecule is COc1ccc(Br)cc1CNC(=O)CCN. The van der Waals surface area contributed by atoms with E-state index in [-0.39, 0.29) is 5.91 Å². The Morgan fingerprint density at radius 3 is 2.94 bits per heavy atom. The summed E-state index contributed by atoms with van der Waals surface area (Å²) in [5.74, 6) is 0.709. The van der Waals surface area contributed by atoms with E-state index in [4.69, 9.17) is 10.5 Å². The van der Waals surface area contributed by atoms with Gasteiger partial charge in [-0.15, -0.1) is 0 Å². The Hall–Kier alpha value is -1.07. The summed E-state index contributed by atoms with van der Waals surface area (Å²) in [6.07, 6.45) is 0.344. The van der Waals surface area contributed by atoms with Crippen LogP contribution in [0.3, 0.4) is 0 Å². The van der Waals surface area contributed by atoms with Crippen molar-refractivity contribution < 1.29 is 9.53 Å². The van der Waals surface area contributed by atoms with E-state index in [0.29, 0.717) is 19.5 Å². The Morgan fingerprint density at radius 1 is 1.56 bits per heavy atom. The van der Waals surface area contributed by atoms with Gasteiger partial charge in [-0.3, -0.25) is 4.79 Å². The maximum Gasteiger partial charge on any atom is 0.221 e. The van der Waals surface area contributed by atoms with E-state index in [9.17, 15) is 4.79 Å². The van der Waals surface area contributed by atoms with Crippen molar-refractivity contribution in [3.8, 4) is 5.75 Å². The Morgan fingerprint density at radius 2 is 2.31 bits per heavy atom. The molecule has 0 aliphatic heterocycles. The summed E-state index contributed by atoms with van der Waals surface area (Å²) in [5, 5.41) is 2.78. The normalized spacial score (nSPS) is 9.94. The van der Waals surface area contributed by atoms with Crippen molar-refractivity contribution in [1.29, 1.82) is 0 Å². The van der Waals surface area contributed by atoms with Crippen LogP contribution in [0.4, 0.5) is 0 Å². The zero-order chi connectivity index (χ0) is 12.0. The van der Waals surface area contributed by atoms with Crippen LogP contribution < -0.4 is 15.8 Å². The molecule has 1 amide bonds. The van der Waals surface area contributed by atoms with Gasteiger partial charge in [-0.1, -0.05) is 15.9 Å². The monoisotopic (exact) mass is 286 g/mol. The van der Waals surface area contributed by atoms with E-state index in [1.54, 1.807) is 7.11 Å². The van der Waals surface area contributed by atoms with Gasteiger partial charge in [-0.25, -0.2) is 0 Å². The summed E-state index contributed by atoms with van der Waals surface area (Å²) in [7, 11) is 1.61. The second-order valence-corrected chi connectivity index (χ2v) is 4.19. The van der Waals surface area contributed by atoms with Gasteiger partial charge in [0.1, 0.15) is 5.75 Å². The zero-order valence-corrected chi connectivity index (χ0v) is 10.7. The van der Waals surface area contributed by atoms with Gasteiger partial charge in [-0.2, -0.15) is 0 Å². The zero-order valence-electron chi connectivity index (χ0n) is 9.13. The molecule has 0 radical (unpaired) electrons. The Bertz CT molecular complexity index is 369. The van der Waals surface area contributed by atoms with E-state index < -0.39 is 0 Å². The number of carbonyl (C=O) groups is 1. The quantitative estimate of drug-likeness (QED) is 0.861. The number of methoxy groups -OCH3 is 1. The maximum atomic E-state index is 11.3. The fourth-order valence-electron chi connectivity index (χ4n) is 1.30. The van der Waals surface area contributed by atoms with Crippen molar-refractivity contribution in [2.75, 3.05) is 13.7 Å². The number of nitrogens with two attached hydrogens (primary N) is 1. The largest absolute Gasteiger partial charge is 0.496 e. The number of hydrogen-bond donors (Lipinski definition) is 2. The molecule has 16 heavy (non-hydrogen) atoms. The molecule has 1 rings (SSSR count). The van der Waals surface area contributed by atoms with Gasteiger partial charge in [0, 0.05) is 29.5 Å². The average molecular weight is 287 g/mol. The van der Waals surface area contributed by atoms with Crippen LogP contribution in [0, 0.1) is 0 Å². The highest BCUT2D eigenvalue weighted by Crippen LogP contribution is 2.22. The first-order valence-corrected chi connectivity index (χ1v) is 5.76. The number of hydrogen-bond acceptors (Lipinski definition) is 3. The minimum absolute atomic E-state index is 0.0514. The fraction of sp³-hybridized carbons (Fsp3) is 0.364. The molecule has 0 heterocycles. The van der Waals surface area contributed by atoms with Crippen LogP contribution in [0.15, 0.2) is 22.7 Å². The summed E-state index contributed by atoms with van der Waals surface area (Å²) in [4.78, 5) is 11.3. The van der Waals surface area contributed by atoms with Crippen LogP contribution in [-0.4, -0.2) is 19.6 Å². The molecule has 3 N–H and O–H groups in total. The fourth-order valence-corrected chi connectivity index (χ4v) is 1.71. The molecule has 88 valence electrons. The lowest BCUT2D eigenvalue weighted by Gasteiger charge is -2.10. The van der Waals surface area contributed by atoms with Gasteiger partial charge >= 0.3 is 0 Å². The predicted molar refractivity (Wildman–Crippen MR) is 66.2 cm³/mol. The van der Waals surface area contributed by atoms with Crippen molar-refractivity contribution in [2.45, 2.75) is 13.0 Å². The third-order valence-electron chi connectivity index (χ3n) is 2.09. The highest BCUT2D eigenvalue weighted by Gasteiger charge is 2.05. The Balaban J connectivity index is 2.65. The minimum Gasteiger partial charge on any atom is -0.496 e. The summed E-state index contributed by atoms with van der Waals surface area (Å²) in [6, 6.07) is 5.67. The minimum atomic E-state index is -0.0514. The lowest BCUT2D eigenvalue weighted by atomic mass is 10.2. The van der Waals surface area contributed by atoms with Gasteiger partial charge in [0.2, 0.25) is 5.91 Å². The first-order chi connectivity index (χ1) is 7.67. The third kappa shape index (κ3) is 3.83. The Kier molecular flexibility index (Phi) is 5.28. The molecule has 0 spiro atoms. The number of carbonyl (C=O) groups excluding carboxylic acids is 1. The molecule has 0 saturated carbocycles. The predicted octanol–water partition coefficient (Wildman–Crippen LogP) is 1.42. The number of nitrogens with one attached hydrogen (secondary N) is 1. The summed E-state index contributed by atoms with van der Waals surface area (Å²) < 4.78 is 6.15. The van der Waals surface area contributed by atoms with E-state index in [2.05, 4.69) is 21.2 Å². The summed E-state index contributed by atoms with van der Waals surface area (Å²) >= 11 is 3.37. The van der Waals surface area contributed by atoms with Gasteiger partial charge in [0.15, 0.2) is 0 Å². The van der Waals surface area contributed by atoms with Gasteiger partial charge in [0.25, 0.3) is 0 Å². The highest BCUT2D eigenvalue weighted by atomic mass is 79.9. The van der Waals surface area contributed by atoms with Crippen LogP contribution in [0.5, 0.6) is 5.75 Å². The molecule has 0 atom stereocenters. The van der Waals surface area contributed by atoms with Crippen LogP contribution in [-0.2, 0) is 11.3 Å². The molecule has 4 nitrogen and oxygen atoms in total. The van der Waals surface area contributed by atoms with Crippen LogP contribution >= 0.6 is 15.9 Å². The second kappa shape index (κ2) is 6.50. The van der Waals surface area contributed by atoms with Crippen LogP contribution in [0.2, 0.25) is 0 Å². The lowest BCUT2D eigenvalue weighted by Crippen LogP contribution is -2.25. The molecule has 1 aromatic carbocycles. The molecule has 0 aliphatic rings. The molecular weight excluding hydrogens is 272 g/mol. The van der Waals surface area contributed by atoms with Gasteiger partial charge in [-0.05, 0) is 18.2 Å². The van der Waals surface area contributed by atoms with Crippen molar-refractivity contribution in [2.24, 2.45) is 5.73 Å². The van der Waals surface area contributed by atoms with Gasteiger partial charge < -0.3 is 15.8 Å². The molecule has 1 aromatic rings.